The van der Waals surface area contributed by atoms with E-state index in [-0.39, 0.29) is 5.41 Å². The zero-order valence-electron chi connectivity index (χ0n) is 11.0. The van der Waals surface area contributed by atoms with Gasteiger partial charge in [0.1, 0.15) is 4.21 Å². The average Bonchev–Trinajstić information content (AvgIpc) is 2.77. The average molecular weight is 318 g/mol. The molecule has 1 aromatic heterocycles. The first-order valence-corrected chi connectivity index (χ1v) is 8.79. The van der Waals surface area contributed by atoms with E-state index < -0.39 is 10.0 Å². The zero-order chi connectivity index (χ0) is 14.3. The topological polar surface area (TPSA) is 63.4 Å². The lowest BCUT2D eigenvalue weighted by Gasteiger charge is -2.37. The third-order valence-corrected chi connectivity index (χ3v) is 7.59. The number of thiocarbonyl (C=S) groups is 1. The predicted molar refractivity (Wildman–Crippen MR) is 81.9 cm³/mol. The van der Waals surface area contributed by atoms with E-state index in [1.807, 2.05) is 19.9 Å². The van der Waals surface area contributed by atoms with Crippen molar-refractivity contribution in [3.05, 3.63) is 17.0 Å². The Balaban J connectivity index is 2.16. The lowest BCUT2D eigenvalue weighted by atomic mass is 9.81. The molecule has 1 aromatic rings. The second-order valence-electron chi connectivity index (χ2n) is 5.19. The highest BCUT2D eigenvalue weighted by molar-refractivity contribution is 7.91. The normalized spacial score (nSPS) is 20.3. The van der Waals surface area contributed by atoms with Gasteiger partial charge in [0.2, 0.25) is 0 Å². The van der Waals surface area contributed by atoms with Crippen LogP contribution in [0.3, 0.4) is 0 Å². The summed E-state index contributed by atoms with van der Waals surface area (Å²) in [4.78, 5) is 1.49. The van der Waals surface area contributed by atoms with Crippen LogP contribution in [0.25, 0.3) is 0 Å². The Hall–Kier alpha value is -0.500. The van der Waals surface area contributed by atoms with Crippen molar-refractivity contribution in [1.29, 1.82) is 0 Å². The largest absolute Gasteiger partial charge is 0.393 e. The molecule has 1 saturated heterocycles. The predicted octanol–water partition coefficient (Wildman–Crippen LogP) is 2.13. The molecule has 7 heteroatoms. The minimum Gasteiger partial charge on any atom is -0.393 e. The monoisotopic (exact) mass is 318 g/mol. The van der Waals surface area contributed by atoms with Crippen LogP contribution in [-0.2, 0) is 10.0 Å². The van der Waals surface area contributed by atoms with Gasteiger partial charge in [-0.1, -0.05) is 19.1 Å². The number of nitrogens with two attached hydrogens (primary N) is 1. The molecule has 0 aliphatic carbocycles. The van der Waals surface area contributed by atoms with E-state index in [1.54, 1.807) is 6.07 Å². The molecule has 0 atom stereocenters. The summed E-state index contributed by atoms with van der Waals surface area (Å²) in [7, 11) is -3.35. The van der Waals surface area contributed by atoms with E-state index in [0.29, 0.717) is 35.1 Å². The maximum Gasteiger partial charge on any atom is 0.252 e. The van der Waals surface area contributed by atoms with Crippen LogP contribution in [-0.4, -0.2) is 30.8 Å². The second kappa shape index (κ2) is 5.12. The molecule has 2 heterocycles. The molecular weight excluding hydrogens is 300 g/mol. The maximum absolute atomic E-state index is 12.5. The van der Waals surface area contributed by atoms with Crippen molar-refractivity contribution in [3.63, 3.8) is 0 Å². The van der Waals surface area contributed by atoms with E-state index in [0.717, 1.165) is 4.88 Å². The molecule has 1 aliphatic rings. The summed E-state index contributed by atoms with van der Waals surface area (Å²) < 4.78 is 26.9. The van der Waals surface area contributed by atoms with E-state index in [2.05, 4.69) is 0 Å². The quantitative estimate of drug-likeness (QED) is 0.867. The smallest absolute Gasteiger partial charge is 0.252 e. The molecule has 1 aliphatic heterocycles. The highest BCUT2D eigenvalue weighted by Gasteiger charge is 2.37. The van der Waals surface area contributed by atoms with Gasteiger partial charge in [-0.05, 0) is 31.9 Å². The van der Waals surface area contributed by atoms with E-state index in [1.165, 1.54) is 15.6 Å². The third-order valence-electron chi connectivity index (χ3n) is 3.73. The Morgan fingerprint density at radius 1 is 1.42 bits per heavy atom. The number of sulfonamides is 1. The molecule has 0 spiro atoms. The van der Waals surface area contributed by atoms with E-state index in [9.17, 15) is 8.42 Å². The summed E-state index contributed by atoms with van der Waals surface area (Å²) >= 11 is 6.38. The summed E-state index contributed by atoms with van der Waals surface area (Å²) in [6.07, 6.45) is 1.37. The zero-order valence-corrected chi connectivity index (χ0v) is 13.5. The van der Waals surface area contributed by atoms with Crippen molar-refractivity contribution in [3.8, 4) is 0 Å². The summed E-state index contributed by atoms with van der Waals surface area (Å²) in [6.45, 7) is 4.87. The molecule has 2 rings (SSSR count). The molecule has 19 heavy (non-hydrogen) atoms. The minimum absolute atomic E-state index is 0.216. The lowest BCUT2D eigenvalue weighted by Crippen LogP contribution is -2.46. The highest BCUT2D eigenvalue weighted by atomic mass is 32.2. The van der Waals surface area contributed by atoms with Gasteiger partial charge in [0.15, 0.2) is 0 Å². The van der Waals surface area contributed by atoms with Crippen molar-refractivity contribution < 1.29 is 8.42 Å². The van der Waals surface area contributed by atoms with Gasteiger partial charge in [-0.2, -0.15) is 4.31 Å². The summed E-state index contributed by atoms with van der Waals surface area (Å²) in [5.74, 6) is 0. The van der Waals surface area contributed by atoms with Crippen molar-refractivity contribution in [1.82, 2.24) is 4.31 Å². The molecular formula is C12H18N2O2S3. The number of hydrogen-bond acceptors (Lipinski definition) is 4. The summed E-state index contributed by atoms with van der Waals surface area (Å²) in [5, 5.41) is 0. The highest BCUT2D eigenvalue weighted by Crippen LogP contribution is 2.34. The van der Waals surface area contributed by atoms with Crippen molar-refractivity contribution in [2.75, 3.05) is 13.1 Å². The Kier molecular flexibility index (Phi) is 4.02. The van der Waals surface area contributed by atoms with E-state index in [4.69, 9.17) is 18.0 Å². The molecule has 2 N–H and O–H groups in total. The molecule has 0 aromatic carbocycles. The molecule has 0 unspecified atom stereocenters. The van der Waals surface area contributed by atoms with Gasteiger partial charge in [-0.25, -0.2) is 8.42 Å². The number of aryl methyl sites for hydroxylation is 1. The Morgan fingerprint density at radius 3 is 2.42 bits per heavy atom. The fraction of sp³-hybridized carbons (Fsp3) is 0.583. The number of piperidine rings is 1. The molecule has 0 bridgehead atoms. The van der Waals surface area contributed by atoms with Crippen LogP contribution in [0.15, 0.2) is 16.3 Å². The van der Waals surface area contributed by atoms with Crippen molar-refractivity contribution in [2.24, 2.45) is 11.1 Å². The summed E-state index contributed by atoms with van der Waals surface area (Å²) in [5.41, 5.74) is 5.52. The van der Waals surface area contributed by atoms with Crippen LogP contribution < -0.4 is 5.73 Å². The number of nitrogens with zero attached hydrogens (tertiary/aromatic N) is 1. The van der Waals surface area contributed by atoms with E-state index >= 15 is 0 Å². The van der Waals surface area contributed by atoms with Crippen LogP contribution in [0.4, 0.5) is 0 Å². The lowest BCUT2D eigenvalue weighted by molar-refractivity contribution is 0.244. The fourth-order valence-corrected chi connectivity index (χ4v) is 5.23. The number of hydrogen-bond donors (Lipinski definition) is 1. The standard InChI is InChI=1S/C12H18N2O2S3/c1-9-3-4-10(18-9)19(15,16)14-7-5-12(2,6-8-14)11(13)17/h3-4H,5-8H2,1-2H3,(H2,13,17). The second-order valence-corrected chi connectivity index (χ2v) is 9.09. The van der Waals surface area contributed by atoms with Crippen LogP contribution in [0.5, 0.6) is 0 Å². The first-order chi connectivity index (χ1) is 8.75. The summed E-state index contributed by atoms with van der Waals surface area (Å²) in [6, 6.07) is 3.51. The Morgan fingerprint density at radius 2 is 2.00 bits per heavy atom. The van der Waals surface area contributed by atoms with Crippen molar-refractivity contribution in [2.45, 2.75) is 30.9 Å². The van der Waals surface area contributed by atoms with Crippen LogP contribution in [0.2, 0.25) is 0 Å². The van der Waals surface area contributed by atoms with Crippen LogP contribution >= 0.6 is 23.6 Å². The van der Waals surface area contributed by atoms with Gasteiger partial charge in [-0.3, -0.25) is 0 Å². The first kappa shape index (κ1) is 14.9. The van der Waals surface area contributed by atoms with Crippen molar-refractivity contribution >= 4 is 38.6 Å². The van der Waals surface area contributed by atoms with Crippen LogP contribution in [0, 0.1) is 12.3 Å². The molecule has 0 amide bonds. The Labute approximate surface area is 123 Å². The molecule has 0 saturated carbocycles. The molecule has 4 nitrogen and oxygen atoms in total. The minimum atomic E-state index is -3.35. The van der Waals surface area contributed by atoms with Gasteiger partial charge in [-0.15, -0.1) is 11.3 Å². The Bertz CT molecular complexity index is 584. The number of thiophene rings is 1. The van der Waals surface area contributed by atoms with Gasteiger partial charge in [0.25, 0.3) is 10.0 Å². The van der Waals surface area contributed by atoms with Gasteiger partial charge in [0, 0.05) is 23.4 Å². The van der Waals surface area contributed by atoms with Gasteiger partial charge < -0.3 is 5.73 Å². The molecule has 1 fully saturated rings. The maximum atomic E-state index is 12.5. The molecule has 0 radical (unpaired) electrons. The number of rotatable bonds is 3. The SMILES string of the molecule is Cc1ccc(S(=O)(=O)N2CCC(C)(C(N)=S)CC2)s1. The fourth-order valence-electron chi connectivity index (χ4n) is 2.14. The molecule has 106 valence electrons. The first-order valence-electron chi connectivity index (χ1n) is 6.12. The van der Waals surface area contributed by atoms with Gasteiger partial charge in [0.05, 0.1) is 4.99 Å². The van der Waals surface area contributed by atoms with Gasteiger partial charge >= 0.3 is 0 Å². The third kappa shape index (κ3) is 2.84. The van der Waals surface area contributed by atoms with Crippen LogP contribution in [0.1, 0.15) is 24.6 Å².